The second-order valence-electron chi connectivity index (χ2n) is 3.28. The Kier molecular flexibility index (Phi) is 3.94. The molecule has 2 rings (SSSR count). The van der Waals surface area contributed by atoms with Gasteiger partial charge in [-0.25, -0.2) is 8.42 Å². The highest BCUT2D eigenvalue weighted by Gasteiger charge is 2.20. The van der Waals surface area contributed by atoms with E-state index in [2.05, 4.69) is 19.5 Å². The van der Waals surface area contributed by atoms with E-state index in [9.17, 15) is 8.42 Å². The normalized spacial score (nSPS) is 11.2. The lowest BCUT2D eigenvalue weighted by molar-refractivity contribution is 0.601. The van der Waals surface area contributed by atoms with Gasteiger partial charge >= 0.3 is 0 Å². The van der Waals surface area contributed by atoms with Gasteiger partial charge < -0.3 is 5.73 Å². The molecule has 0 saturated heterocycles. The van der Waals surface area contributed by atoms with Crippen molar-refractivity contribution in [2.45, 2.75) is 4.90 Å². The van der Waals surface area contributed by atoms with Crippen LogP contribution in [0.25, 0.3) is 0 Å². The molecule has 0 aliphatic heterocycles. The first-order chi connectivity index (χ1) is 8.90. The van der Waals surface area contributed by atoms with E-state index in [0.29, 0.717) is 5.56 Å². The summed E-state index contributed by atoms with van der Waals surface area (Å²) in [6.45, 7) is 0. The summed E-state index contributed by atoms with van der Waals surface area (Å²) in [6, 6.07) is 4.17. The summed E-state index contributed by atoms with van der Waals surface area (Å²) in [4.78, 5) is 0.0245. The standard InChI is InChI=1S/C8H6ClN5O2S3/c9-5-3-4(7(10)17)1-2-6(5)19(15,16)12-8-11-13-14-18-8/h1-3H,(H2,10,17)(H,11,12,14). The molecule has 7 nitrogen and oxygen atoms in total. The van der Waals surface area contributed by atoms with Gasteiger partial charge in [0.1, 0.15) is 9.88 Å². The first-order valence-corrected chi connectivity index (χ1v) is 7.71. The highest BCUT2D eigenvalue weighted by atomic mass is 35.5. The Morgan fingerprint density at radius 1 is 1.47 bits per heavy atom. The summed E-state index contributed by atoms with van der Waals surface area (Å²) >= 11 is 11.5. The average molecular weight is 336 g/mol. The fourth-order valence-corrected chi connectivity index (χ4v) is 3.47. The van der Waals surface area contributed by atoms with Gasteiger partial charge in [0.05, 0.1) is 5.02 Å². The average Bonchev–Trinajstić information content (AvgIpc) is 2.80. The van der Waals surface area contributed by atoms with Gasteiger partial charge in [-0.15, -0.1) is 0 Å². The van der Waals surface area contributed by atoms with Crippen molar-refractivity contribution in [1.82, 2.24) is 14.8 Å². The van der Waals surface area contributed by atoms with Crippen LogP contribution in [0.4, 0.5) is 5.13 Å². The van der Waals surface area contributed by atoms with E-state index in [-0.39, 0.29) is 20.0 Å². The van der Waals surface area contributed by atoms with Gasteiger partial charge in [0, 0.05) is 17.1 Å². The molecule has 0 fully saturated rings. The van der Waals surface area contributed by atoms with Crippen molar-refractivity contribution in [3.8, 4) is 0 Å². The van der Waals surface area contributed by atoms with E-state index < -0.39 is 10.0 Å². The van der Waals surface area contributed by atoms with Crippen LogP contribution in [0.1, 0.15) is 5.56 Å². The third-order valence-corrected chi connectivity index (χ3v) is 4.73. The summed E-state index contributed by atoms with van der Waals surface area (Å²) in [5, 5.41) is 6.83. The Hall–Kier alpha value is -1.36. The topological polar surface area (TPSA) is 111 Å². The van der Waals surface area contributed by atoms with Crippen molar-refractivity contribution in [2.75, 3.05) is 4.72 Å². The fourth-order valence-electron chi connectivity index (χ4n) is 1.22. The summed E-state index contributed by atoms with van der Waals surface area (Å²) in [5.41, 5.74) is 5.92. The Balaban J connectivity index is 2.38. The molecule has 0 aliphatic rings. The first kappa shape index (κ1) is 14.1. The Bertz CT molecular complexity index is 716. The number of halogens is 1. The van der Waals surface area contributed by atoms with Crippen molar-refractivity contribution in [2.24, 2.45) is 5.73 Å². The zero-order chi connectivity index (χ0) is 14.0. The Labute approximate surface area is 123 Å². The molecule has 3 N–H and O–H groups in total. The van der Waals surface area contributed by atoms with Crippen LogP contribution in [0.15, 0.2) is 23.1 Å². The highest BCUT2D eigenvalue weighted by Crippen LogP contribution is 2.25. The van der Waals surface area contributed by atoms with Gasteiger partial charge in [0.2, 0.25) is 5.13 Å². The van der Waals surface area contributed by atoms with Gasteiger partial charge in [0.15, 0.2) is 0 Å². The number of nitrogens with zero attached hydrogens (tertiary/aromatic N) is 3. The molecule has 11 heteroatoms. The zero-order valence-corrected chi connectivity index (χ0v) is 12.3. The number of hydrogen-bond acceptors (Lipinski definition) is 7. The monoisotopic (exact) mass is 335 g/mol. The van der Waals surface area contributed by atoms with Gasteiger partial charge in [-0.3, -0.25) is 4.72 Å². The first-order valence-electron chi connectivity index (χ1n) is 4.67. The van der Waals surface area contributed by atoms with E-state index in [1.165, 1.54) is 18.2 Å². The molecule has 0 aliphatic carbocycles. The third-order valence-electron chi connectivity index (χ3n) is 2.03. The summed E-state index contributed by atoms with van der Waals surface area (Å²) < 4.78 is 29.8. The van der Waals surface area contributed by atoms with E-state index in [0.717, 1.165) is 11.5 Å². The van der Waals surface area contributed by atoms with Gasteiger partial charge in [-0.2, -0.15) is 0 Å². The van der Waals surface area contributed by atoms with E-state index in [1.807, 2.05) is 0 Å². The van der Waals surface area contributed by atoms with Crippen LogP contribution in [-0.4, -0.2) is 28.2 Å². The van der Waals surface area contributed by atoms with Crippen LogP contribution < -0.4 is 10.5 Å². The predicted molar refractivity (Wildman–Crippen MR) is 75.9 cm³/mol. The number of thiocarbonyl (C=S) groups is 1. The maximum atomic E-state index is 12.1. The molecule has 19 heavy (non-hydrogen) atoms. The third kappa shape index (κ3) is 3.15. The zero-order valence-electron chi connectivity index (χ0n) is 9.07. The van der Waals surface area contributed by atoms with Crippen LogP contribution in [0.5, 0.6) is 0 Å². The molecule has 100 valence electrons. The molecule has 0 atom stereocenters. The number of aromatic nitrogens is 3. The largest absolute Gasteiger partial charge is 0.389 e. The number of anilines is 1. The molecule has 0 saturated carbocycles. The lowest BCUT2D eigenvalue weighted by atomic mass is 10.2. The second kappa shape index (κ2) is 5.33. The quantitative estimate of drug-likeness (QED) is 0.802. The summed E-state index contributed by atoms with van der Waals surface area (Å²) in [7, 11) is -3.85. The molecule has 0 amide bonds. The molecule has 0 unspecified atom stereocenters. The minimum absolute atomic E-state index is 0.00951. The SMILES string of the molecule is NC(=S)c1ccc(S(=O)(=O)Nc2nnns2)c(Cl)c1. The molecule has 2 aromatic rings. The fraction of sp³-hybridized carbons (Fsp3) is 0. The van der Waals surface area contributed by atoms with Crippen LogP contribution >= 0.6 is 35.4 Å². The van der Waals surface area contributed by atoms with Crippen molar-refractivity contribution in [3.05, 3.63) is 28.8 Å². The smallest absolute Gasteiger partial charge is 0.265 e. The molecule has 1 aromatic carbocycles. The van der Waals surface area contributed by atoms with Crippen molar-refractivity contribution < 1.29 is 8.42 Å². The Morgan fingerprint density at radius 3 is 2.74 bits per heavy atom. The maximum Gasteiger partial charge on any atom is 0.265 e. The molecule has 0 bridgehead atoms. The van der Waals surface area contributed by atoms with Crippen LogP contribution in [0.3, 0.4) is 0 Å². The number of sulfonamides is 1. The van der Waals surface area contributed by atoms with Crippen LogP contribution in [-0.2, 0) is 10.0 Å². The molecule has 0 radical (unpaired) electrons. The van der Waals surface area contributed by atoms with Crippen LogP contribution in [0.2, 0.25) is 5.02 Å². The van der Waals surface area contributed by atoms with Crippen molar-refractivity contribution in [3.63, 3.8) is 0 Å². The second-order valence-corrected chi connectivity index (χ2v) is 6.51. The van der Waals surface area contributed by atoms with Gasteiger partial charge in [-0.1, -0.05) is 39.5 Å². The predicted octanol–water partition coefficient (Wildman–Crippen LogP) is 1.02. The number of rotatable bonds is 4. The van der Waals surface area contributed by atoms with Crippen molar-refractivity contribution in [1.29, 1.82) is 0 Å². The Morgan fingerprint density at radius 2 is 2.21 bits per heavy atom. The van der Waals surface area contributed by atoms with Crippen LogP contribution in [0, 0.1) is 0 Å². The minimum atomic E-state index is -3.85. The van der Waals surface area contributed by atoms with Gasteiger partial charge in [-0.05, 0) is 17.3 Å². The number of benzene rings is 1. The molecule has 1 heterocycles. The lowest BCUT2D eigenvalue weighted by Crippen LogP contribution is -2.15. The number of nitrogens with two attached hydrogens (primary N) is 1. The van der Waals surface area contributed by atoms with E-state index >= 15 is 0 Å². The highest BCUT2D eigenvalue weighted by molar-refractivity contribution is 7.93. The molecular weight excluding hydrogens is 330 g/mol. The molecular formula is C8H6ClN5O2S3. The lowest BCUT2D eigenvalue weighted by Gasteiger charge is -2.07. The minimum Gasteiger partial charge on any atom is -0.389 e. The van der Waals surface area contributed by atoms with Crippen molar-refractivity contribution >= 4 is 55.5 Å². The summed E-state index contributed by atoms with van der Waals surface area (Å²) in [6.07, 6.45) is 0. The number of hydrogen-bond donors (Lipinski definition) is 2. The molecule has 0 spiro atoms. The van der Waals surface area contributed by atoms with E-state index in [1.54, 1.807) is 0 Å². The maximum absolute atomic E-state index is 12.1. The number of nitrogens with one attached hydrogen (secondary N) is 1. The van der Waals surface area contributed by atoms with Gasteiger partial charge in [0.25, 0.3) is 10.0 Å². The van der Waals surface area contributed by atoms with E-state index in [4.69, 9.17) is 29.6 Å². The molecule has 1 aromatic heterocycles. The summed E-state index contributed by atoms with van der Waals surface area (Å²) in [5.74, 6) is 0.